The molecule has 2 nitrogen and oxygen atoms in total. The molecular weight excluding hydrogens is 347 g/mol. The van der Waals surface area contributed by atoms with Crippen LogP contribution in [0.2, 0.25) is 5.02 Å². The lowest BCUT2D eigenvalue weighted by atomic mass is 10.1. The average Bonchev–Trinajstić information content (AvgIpc) is 2.68. The maximum absolute atomic E-state index is 6.03. The van der Waals surface area contributed by atoms with Gasteiger partial charge in [-0.2, -0.15) is 0 Å². The van der Waals surface area contributed by atoms with Crippen molar-refractivity contribution in [3.8, 4) is 0 Å². The Morgan fingerprint density at radius 2 is 2.05 bits per heavy atom. The summed E-state index contributed by atoms with van der Waals surface area (Å²) in [5, 5.41) is 4.50. The normalized spacial score (nSPS) is 26.8. The van der Waals surface area contributed by atoms with Crippen molar-refractivity contribution in [3.05, 3.63) is 33.3 Å². The summed E-state index contributed by atoms with van der Waals surface area (Å²) in [6.45, 7) is 3.41. The monoisotopic (exact) mass is 364 g/mol. The van der Waals surface area contributed by atoms with E-state index in [9.17, 15) is 0 Å². The third-order valence-corrected chi connectivity index (χ3v) is 5.21. The molecule has 1 aromatic rings. The van der Waals surface area contributed by atoms with Crippen LogP contribution in [0.5, 0.6) is 0 Å². The molecule has 2 unspecified atom stereocenters. The molecule has 2 heterocycles. The van der Waals surface area contributed by atoms with Crippen molar-refractivity contribution in [1.82, 2.24) is 10.2 Å². The summed E-state index contributed by atoms with van der Waals surface area (Å²) >= 11 is 9.53. The molecule has 1 aromatic carbocycles. The van der Waals surface area contributed by atoms with Crippen LogP contribution in [0.3, 0.4) is 0 Å². The molecule has 2 fully saturated rings. The van der Waals surface area contributed by atoms with Gasteiger partial charge in [-0.1, -0.05) is 17.7 Å². The largest absolute Gasteiger partial charge is 0.310 e. The van der Waals surface area contributed by atoms with Crippen molar-refractivity contribution in [3.63, 3.8) is 0 Å². The second-order valence-electron chi connectivity index (χ2n) is 5.41. The van der Waals surface area contributed by atoms with Crippen LogP contribution in [-0.4, -0.2) is 30.1 Å². The molecule has 0 spiro atoms. The molecule has 106 valence electrons. The van der Waals surface area contributed by atoms with E-state index < -0.39 is 0 Å². The minimum Gasteiger partial charge on any atom is -0.310 e. The molecule has 19 heavy (non-hydrogen) atoms. The smallest absolute Gasteiger partial charge is 0.0548 e. The first-order valence-corrected chi connectivity index (χ1v) is 7.80. The van der Waals surface area contributed by atoms with E-state index in [1.807, 2.05) is 6.07 Å². The zero-order valence-electron chi connectivity index (χ0n) is 10.7. The molecule has 0 aromatic heterocycles. The highest BCUT2D eigenvalue weighted by molar-refractivity contribution is 9.10. The highest BCUT2D eigenvalue weighted by atomic mass is 79.9. The minimum atomic E-state index is 0. The Morgan fingerprint density at radius 1 is 1.26 bits per heavy atom. The van der Waals surface area contributed by atoms with Gasteiger partial charge < -0.3 is 5.32 Å². The van der Waals surface area contributed by atoms with Crippen molar-refractivity contribution >= 4 is 39.9 Å². The predicted molar refractivity (Wildman–Crippen MR) is 86.2 cm³/mol. The quantitative estimate of drug-likeness (QED) is 0.856. The number of nitrogens with zero attached hydrogens (tertiary/aromatic N) is 1. The Bertz CT molecular complexity index is 441. The molecule has 0 radical (unpaired) electrons. The SMILES string of the molecule is Cl.Clc1ccc(CN2CCC3CCC(C2)N3)cc1Br. The lowest BCUT2D eigenvalue weighted by molar-refractivity contribution is 0.251. The molecule has 5 heteroatoms. The van der Waals surface area contributed by atoms with Crippen LogP contribution in [0.15, 0.2) is 22.7 Å². The second kappa shape index (κ2) is 6.77. The summed E-state index contributed by atoms with van der Waals surface area (Å²) in [5.41, 5.74) is 1.34. The third-order valence-electron chi connectivity index (χ3n) is 4.00. The van der Waals surface area contributed by atoms with E-state index in [4.69, 9.17) is 11.6 Å². The van der Waals surface area contributed by atoms with Crippen LogP contribution in [0.1, 0.15) is 24.8 Å². The van der Waals surface area contributed by atoms with Crippen molar-refractivity contribution in [2.24, 2.45) is 0 Å². The molecule has 1 N–H and O–H groups in total. The number of halogens is 3. The lowest BCUT2D eigenvalue weighted by Gasteiger charge is -2.24. The van der Waals surface area contributed by atoms with Gasteiger partial charge in [0, 0.05) is 36.2 Å². The van der Waals surface area contributed by atoms with Gasteiger partial charge in [0.05, 0.1) is 5.02 Å². The van der Waals surface area contributed by atoms with Crippen LogP contribution in [0.4, 0.5) is 0 Å². The van der Waals surface area contributed by atoms with E-state index >= 15 is 0 Å². The average molecular weight is 366 g/mol. The van der Waals surface area contributed by atoms with Gasteiger partial charge in [0.15, 0.2) is 0 Å². The number of hydrogen-bond acceptors (Lipinski definition) is 2. The van der Waals surface area contributed by atoms with E-state index in [0.717, 1.165) is 22.1 Å². The summed E-state index contributed by atoms with van der Waals surface area (Å²) in [4.78, 5) is 2.56. The molecule has 0 aliphatic carbocycles. The standard InChI is InChI=1S/C14H18BrClN2.ClH/c15-13-7-10(1-4-14(13)16)8-18-6-5-11-2-3-12(9-18)17-11;/h1,4,7,11-12,17H,2-3,5-6,8-9H2;1H. The molecule has 3 rings (SSSR count). The fourth-order valence-electron chi connectivity index (χ4n) is 3.06. The zero-order valence-corrected chi connectivity index (χ0v) is 13.9. The Morgan fingerprint density at radius 3 is 2.84 bits per heavy atom. The molecule has 2 atom stereocenters. The summed E-state index contributed by atoms with van der Waals surface area (Å²) in [6, 6.07) is 7.70. The van der Waals surface area contributed by atoms with Gasteiger partial charge in [-0.3, -0.25) is 4.90 Å². The van der Waals surface area contributed by atoms with Crippen LogP contribution < -0.4 is 5.32 Å². The molecule has 2 saturated heterocycles. The van der Waals surface area contributed by atoms with Gasteiger partial charge in [0.25, 0.3) is 0 Å². The third kappa shape index (κ3) is 3.85. The number of rotatable bonds is 2. The van der Waals surface area contributed by atoms with Gasteiger partial charge in [-0.05, 0) is 52.9 Å². The molecule has 2 aliphatic rings. The van der Waals surface area contributed by atoms with E-state index in [0.29, 0.717) is 6.04 Å². The summed E-state index contributed by atoms with van der Waals surface area (Å²) in [5.74, 6) is 0. The van der Waals surface area contributed by atoms with Crippen LogP contribution >= 0.6 is 39.9 Å². The van der Waals surface area contributed by atoms with Crippen molar-refractivity contribution < 1.29 is 0 Å². The highest BCUT2D eigenvalue weighted by Crippen LogP contribution is 2.25. The van der Waals surface area contributed by atoms with E-state index in [1.165, 1.54) is 37.9 Å². The molecule has 2 bridgehead atoms. The summed E-state index contributed by atoms with van der Waals surface area (Å²) in [6.07, 6.45) is 3.99. The second-order valence-corrected chi connectivity index (χ2v) is 6.67. The van der Waals surface area contributed by atoms with Crippen LogP contribution in [0.25, 0.3) is 0 Å². The van der Waals surface area contributed by atoms with Gasteiger partial charge in [0.1, 0.15) is 0 Å². The van der Waals surface area contributed by atoms with Gasteiger partial charge >= 0.3 is 0 Å². The topological polar surface area (TPSA) is 15.3 Å². The first-order valence-electron chi connectivity index (χ1n) is 6.63. The fraction of sp³-hybridized carbons (Fsp3) is 0.571. The fourth-order valence-corrected chi connectivity index (χ4v) is 3.60. The number of fused-ring (bicyclic) bond motifs is 2. The number of benzene rings is 1. The Hall–Kier alpha value is 0.200. The maximum atomic E-state index is 6.03. The Labute approximate surface area is 134 Å². The number of hydrogen-bond donors (Lipinski definition) is 1. The molecule has 0 saturated carbocycles. The van der Waals surface area contributed by atoms with Crippen LogP contribution in [0, 0.1) is 0 Å². The van der Waals surface area contributed by atoms with Crippen LogP contribution in [-0.2, 0) is 6.54 Å². The molecule has 0 amide bonds. The van der Waals surface area contributed by atoms with E-state index in [2.05, 4.69) is 38.3 Å². The van der Waals surface area contributed by atoms with Gasteiger partial charge in [-0.25, -0.2) is 0 Å². The van der Waals surface area contributed by atoms with Crippen molar-refractivity contribution in [2.75, 3.05) is 13.1 Å². The van der Waals surface area contributed by atoms with Crippen molar-refractivity contribution in [1.29, 1.82) is 0 Å². The zero-order chi connectivity index (χ0) is 12.5. The number of likely N-dealkylation sites (tertiary alicyclic amines) is 1. The van der Waals surface area contributed by atoms with Crippen molar-refractivity contribution in [2.45, 2.75) is 37.9 Å². The maximum Gasteiger partial charge on any atom is 0.0548 e. The summed E-state index contributed by atoms with van der Waals surface area (Å²) < 4.78 is 0.996. The lowest BCUT2D eigenvalue weighted by Crippen LogP contribution is -2.34. The first-order chi connectivity index (χ1) is 8.70. The van der Waals surface area contributed by atoms with Gasteiger partial charge in [0.2, 0.25) is 0 Å². The van der Waals surface area contributed by atoms with E-state index in [-0.39, 0.29) is 12.4 Å². The van der Waals surface area contributed by atoms with E-state index in [1.54, 1.807) is 0 Å². The predicted octanol–water partition coefficient (Wildman–Crippen LogP) is 3.85. The summed E-state index contributed by atoms with van der Waals surface area (Å²) in [7, 11) is 0. The highest BCUT2D eigenvalue weighted by Gasteiger charge is 2.28. The Kier molecular flexibility index (Phi) is 5.55. The molecule has 2 aliphatic heterocycles. The Balaban J connectivity index is 0.00000133. The minimum absolute atomic E-state index is 0. The number of nitrogens with one attached hydrogen (secondary N) is 1. The van der Waals surface area contributed by atoms with Gasteiger partial charge in [-0.15, -0.1) is 12.4 Å². The first kappa shape index (κ1) is 15.6. The molecular formula is C14H19BrCl2N2.